The zero-order valence-electron chi connectivity index (χ0n) is 20.1. The largest absolute Gasteiger partial charge is 0.483 e. The second-order valence-corrected chi connectivity index (χ2v) is 7.18. The number of carboxylic acid groups (broad SMARTS) is 1. The predicted molar refractivity (Wildman–Crippen MR) is 133 cm³/mol. The highest BCUT2D eigenvalue weighted by atomic mass is 16.5. The molecule has 0 radical (unpaired) electrons. The second kappa shape index (κ2) is 14.7. The molecule has 0 aromatic carbocycles. The van der Waals surface area contributed by atoms with E-state index in [9.17, 15) is 4.79 Å². The quantitative estimate of drug-likeness (QED) is 0.229. The third-order valence-electron chi connectivity index (χ3n) is 4.64. The fourth-order valence-electron chi connectivity index (χ4n) is 3.03. The van der Waals surface area contributed by atoms with Crippen LogP contribution in [0.3, 0.4) is 0 Å². The van der Waals surface area contributed by atoms with E-state index in [4.69, 9.17) is 24.1 Å². The lowest BCUT2D eigenvalue weighted by Gasteiger charge is -2.07. The van der Waals surface area contributed by atoms with Crippen LogP contribution < -0.4 is 10.1 Å². The van der Waals surface area contributed by atoms with Crippen molar-refractivity contribution in [3.63, 3.8) is 0 Å². The number of carbonyl (C=O) groups is 2. The number of ether oxygens (including phenoxy) is 3. The minimum Gasteiger partial charge on any atom is -0.483 e. The van der Waals surface area contributed by atoms with Crippen molar-refractivity contribution in [2.24, 2.45) is 0 Å². The van der Waals surface area contributed by atoms with Gasteiger partial charge in [-0.3, -0.25) is 24.2 Å². The fraction of sp³-hybridized carbons (Fsp3) is 0.200. The first-order chi connectivity index (χ1) is 18.1. The third-order valence-corrected chi connectivity index (χ3v) is 4.64. The molecule has 12 heteroatoms. The molecule has 4 heterocycles. The second-order valence-electron chi connectivity index (χ2n) is 7.18. The van der Waals surface area contributed by atoms with Gasteiger partial charge in [0.15, 0.2) is 0 Å². The molecule has 0 aliphatic carbocycles. The number of methoxy groups -OCH3 is 1. The van der Waals surface area contributed by atoms with Gasteiger partial charge in [0.2, 0.25) is 5.88 Å². The van der Waals surface area contributed by atoms with Crippen LogP contribution in [0.5, 0.6) is 11.6 Å². The van der Waals surface area contributed by atoms with E-state index in [1.54, 1.807) is 66.9 Å². The molecular formula is C25H26N6O6. The molecule has 2 N–H and O–H groups in total. The number of carbonyl (C=O) groups excluding carboxylic acids is 1. The van der Waals surface area contributed by atoms with Crippen molar-refractivity contribution in [1.29, 1.82) is 0 Å². The van der Waals surface area contributed by atoms with Crippen LogP contribution in [-0.4, -0.2) is 69.1 Å². The summed E-state index contributed by atoms with van der Waals surface area (Å²) in [5, 5.41) is 14.4. The van der Waals surface area contributed by atoms with Crippen molar-refractivity contribution >= 4 is 18.1 Å². The van der Waals surface area contributed by atoms with E-state index in [2.05, 4.69) is 25.4 Å². The van der Waals surface area contributed by atoms with Gasteiger partial charge < -0.3 is 24.6 Å². The molecule has 37 heavy (non-hydrogen) atoms. The Balaban J connectivity index is 0.00000121. The SMILES string of the molecule is COCCOCCn1cc(NC(=O)c2cccc(Oc3ccncc3)n2)c(-c2ccccn2)n1.O=CO. The fourth-order valence-corrected chi connectivity index (χ4v) is 3.03. The molecule has 1 amide bonds. The monoisotopic (exact) mass is 506 g/mol. The minimum atomic E-state index is -0.395. The number of hydrogen-bond acceptors (Lipinski definition) is 9. The first-order valence-electron chi connectivity index (χ1n) is 11.1. The van der Waals surface area contributed by atoms with E-state index in [1.165, 1.54) is 0 Å². The van der Waals surface area contributed by atoms with Crippen molar-refractivity contribution in [2.45, 2.75) is 6.54 Å². The highest BCUT2D eigenvalue weighted by Crippen LogP contribution is 2.25. The van der Waals surface area contributed by atoms with E-state index in [0.29, 0.717) is 55.1 Å². The van der Waals surface area contributed by atoms with Crippen LogP contribution in [0.2, 0.25) is 0 Å². The summed E-state index contributed by atoms with van der Waals surface area (Å²) in [6.07, 6.45) is 6.66. The Kier molecular flexibility index (Phi) is 10.7. The van der Waals surface area contributed by atoms with Gasteiger partial charge in [-0.25, -0.2) is 4.98 Å². The maximum absolute atomic E-state index is 13.0. The summed E-state index contributed by atoms with van der Waals surface area (Å²) in [6.45, 7) is 1.73. The molecule has 4 rings (SSSR count). The van der Waals surface area contributed by atoms with Gasteiger partial charge in [-0.2, -0.15) is 5.10 Å². The third kappa shape index (κ3) is 8.49. The van der Waals surface area contributed by atoms with Crippen molar-refractivity contribution in [2.75, 3.05) is 32.2 Å². The number of rotatable bonds is 11. The Morgan fingerprint density at radius 1 is 1.05 bits per heavy atom. The normalized spacial score (nSPS) is 10.2. The van der Waals surface area contributed by atoms with Crippen molar-refractivity contribution in [1.82, 2.24) is 24.7 Å². The molecule has 0 spiro atoms. The van der Waals surface area contributed by atoms with Crippen molar-refractivity contribution in [3.05, 3.63) is 79.0 Å². The summed E-state index contributed by atoms with van der Waals surface area (Å²) < 4.78 is 17.9. The molecule has 12 nitrogen and oxygen atoms in total. The summed E-state index contributed by atoms with van der Waals surface area (Å²) in [7, 11) is 1.63. The number of aromatic nitrogens is 5. The molecule has 0 bridgehead atoms. The Morgan fingerprint density at radius 3 is 2.59 bits per heavy atom. The van der Waals surface area contributed by atoms with Gasteiger partial charge in [-0.1, -0.05) is 12.1 Å². The van der Waals surface area contributed by atoms with Gasteiger partial charge in [0.05, 0.1) is 37.7 Å². The summed E-state index contributed by atoms with van der Waals surface area (Å²) in [4.78, 5) is 34.0. The highest BCUT2D eigenvalue weighted by Gasteiger charge is 2.17. The molecule has 0 unspecified atom stereocenters. The summed E-state index contributed by atoms with van der Waals surface area (Å²) in [6, 6.07) is 13.9. The minimum absolute atomic E-state index is 0.203. The van der Waals surface area contributed by atoms with E-state index < -0.39 is 5.91 Å². The van der Waals surface area contributed by atoms with Crippen LogP contribution in [0, 0.1) is 0 Å². The molecule has 4 aromatic rings. The van der Waals surface area contributed by atoms with E-state index in [1.807, 2.05) is 18.2 Å². The molecule has 0 atom stereocenters. The number of nitrogens with one attached hydrogen (secondary N) is 1. The van der Waals surface area contributed by atoms with Gasteiger partial charge in [-0.15, -0.1) is 0 Å². The van der Waals surface area contributed by atoms with Crippen molar-refractivity contribution in [3.8, 4) is 23.0 Å². The smallest absolute Gasteiger partial charge is 0.290 e. The van der Waals surface area contributed by atoms with Crippen LogP contribution in [0.15, 0.2) is 73.3 Å². The summed E-state index contributed by atoms with van der Waals surface area (Å²) in [5.74, 6) is 0.479. The Hall–Kier alpha value is -4.68. The molecule has 0 aliphatic heterocycles. The molecule has 0 aliphatic rings. The predicted octanol–water partition coefficient (Wildman–Crippen LogP) is 3.14. The zero-order valence-corrected chi connectivity index (χ0v) is 20.1. The molecular weight excluding hydrogens is 480 g/mol. The molecule has 4 aromatic heterocycles. The highest BCUT2D eigenvalue weighted by molar-refractivity contribution is 6.04. The van der Waals surface area contributed by atoms with Gasteiger partial charge in [0.25, 0.3) is 12.4 Å². The summed E-state index contributed by atoms with van der Waals surface area (Å²) in [5.41, 5.74) is 1.91. The van der Waals surface area contributed by atoms with E-state index in [0.717, 1.165) is 0 Å². The van der Waals surface area contributed by atoms with Crippen molar-refractivity contribution < 1.29 is 28.9 Å². The van der Waals surface area contributed by atoms with Crippen LogP contribution in [0.1, 0.15) is 10.5 Å². The Labute approximate surface area is 212 Å². The van der Waals surface area contributed by atoms with Crippen LogP contribution in [-0.2, 0) is 20.8 Å². The number of amides is 1. The number of pyridine rings is 3. The number of hydrogen-bond donors (Lipinski definition) is 2. The first-order valence-corrected chi connectivity index (χ1v) is 11.1. The Morgan fingerprint density at radius 2 is 1.86 bits per heavy atom. The standard InChI is InChI=1S/C24H24N6O4.CH2O2/c1-32-15-16-33-14-13-30-17-21(23(29-30)19-5-2-3-10-26-19)28-24(31)20-6-4-7-22(27-20)34-18-8-11-25-12-9-18;2-1-3/h2-12,17H,13-16H2,1H3,(H,28,31);1H,(H,2,3). The van der Waals surface area contributed by atoms with Crippen LogP contribution >= 0.6 is 0 Å². The van der Waals surface area contributed by atoms with Crippen LogP contribution in [0.25, 0.3) is 11.4 Å². The average molecular weight is 507 g/mol. The number of nitrogens with zero attached hydrogens (tertiary/aromatic N) is 5. The van der Waals surface area contributed by atoms with E-state index >= 15 is 0 Å². The van der Waals surface area contributed by atoms with E-state index in [-0.39, 0.29) is 12.2 Å². The van der Waals surface area contributed by atoms with Gasteiger partial charge in [-0.05, 0) is 30.3 Å². The maximum atomic E-state index is 13.0. The lowest BCUT2D eigenvalue weighted by atomic mass is 10.2. The first kappa shape index (κ1) is 26.9. The molecule has 192 valence electrons. The topological polar surface area (TPSA) is 151 Å². The Bertz CT molecular complexity index is 1250. The van der Waals surface area contributed by atoms with Gasteiger partial charge in [0.1, 0.15) is 17.1 Å². The summed E-state index contributed by atoms with van der Waals surface area (Å²) >= 11 is 0. The zero-order chi connectivity index (χ0) is 26.3. The number of anilines is 1. The average Bonchev–Trinajstić information content (AvgIpc) is 3.32. The molecule has 0 fully saturated rings. The molecule has 0 saturated heterocycles. The molecule has 0 saturated carbocycles. The lowest BCUT2D eigenvalue weighted by molar-refractivity contribution is -0.122. The van der Waals surface area contributed by atoms with Gasteiger partial charge in [0, 0.05) is 38.0 Å². The maximum Gasteiger partial charge on any atom is 0.290 e. The van der Waals surface area contributed by atoms with Gasteiger partial charge >= 0.3 is 0 Å². The van der Waals surface area contributed by atoms with Crippen LogP contribution in [0.4, 0.5) is 5.69 Å². The lowest BCUT2D eigenvalue weighted by Crippen LogP contribution is -2.14.